The van der Waals surface area contributed by atoms with Crippen LogP contribution in [0.3, 0.4) is 0 Å². The minimum Gasteiger partial charge on any atom is -0.486 e. The van der Waals surface area contributed by atoms with Crippen molar-refractivity contribution in [1.82, 2.24) is 15.3 Å². The maximum Gasteiger partial charge on any atom is 0.251 e. The number of aromatic nitrogens is 2. The Morgan fingerprint density at radius 1 is 1.09 bits per heavy atom. The van der Waals surface area contributed by atoms with Gasteiger partial charge in [0.2, 0.25) is 0 Å². The summed E-state index contributed by atoms with van der Waals surface area (Å²) in [4.78, 5) is 20.7. The summed E-state index contributed by atoms with van der Waals surface area (Å²) in [7, 11) is 0. The van der Waals surface area contributed by atoms with Gasteiger partial charge < -0.3 is 19.8 Å². The molecule has 0 radical (unpaired) electrons. The molecule has 3 aromatic rings. The van der Waals surface area contributed by atoms with Gasteiger partial charge in [-0.2, -0.15) is 0 Å². The summed E-state index contributed by atoms with van der Waals surface area (Å²) in [6.45, 7) is 3.12. The molecule has 1 saturated carbocycles. The molecule has 168 valence electrons. The van der Waals surface area contributed by atoms with Crippen LogP contribution in [0.25, 0.3) is 11.0 Å². The zero-order chi connectivity index (χ0) is 22.2. The lowest BCUT2D eigenvalue weighted by molar-refractivity contribution is 0.0930. The quantitative estimate of drug-likeness (QED) is 0.578. The zero-order valence-corrected chi connectivity index (χ0v) is 17.8. The molecule has 5 rings (SSSR count). The van der Waals surface area contributed by atoms with E-state index in [1.165, 1.54) is 0 Å². The van der Waals surface area contributed by atoms with Crippen LogP contribution in [0.4, 0.5) is 8.78 Å². The van der Waals surface area contributed by atoms with Crippen molar-refractivity contribution >= 4 is 16.9 Å². The fraction of sp³-hybridized carbons (Fsp3) is 0.417. The molecule has 0 spiro atoms. The van der Waals surface area contributed by atoms with E-state index in [0.717, 1.165) is 31.4 Å². The number of hydrogen-bond donors (Lipinski definition) is 2. The number of H-pyrrole nitrogens is 1. The number of nitrogens with zero attached hydrogens (tertiary/aromatic N) is 1. The molecule has 2 aliphatic rings. The SMILES string of the molecule is CC1CCCC(NC(=O)c2ccc3c(c2)OCCO3)C[C@@H]1c1nc2cc(F)c(F)cc2[nH]1. The Morgan fingerprint density at radius 2 is 1.88 bits per heavy atom. The summed E-state index contributed by atoms with van der Waals surface area (Å²) < 4.78 is 38.4. The van der Waals surface area contributed by atoms with Gasteiger partial charge in [0.1, 0.15) is 19.0 Å². The Balaban J connectivity index is 1.35. The predicted molar refractivity (Wildman–Crippen MR) is 115 cm³/mol. The number of carbonyl (C=O) groups excluding carboxylic acids is 1. The number of ether oxygens (including phenoxy) is 2. The molecule has 2 unspecified atom stereocenters. The van der Waals surface area contributed by atoms with E-state index in [1.54, 1.807) is 18.2 Å². The first-order valence-electron chi connectivity index (χ1n) is 11.0. The second kappa shape index (κ2) is 8.41. The van der Waals surface area contributed by atoms with Gasteiger partial charge in [-0.25, -0.2) is 13.8 Å². The number of halogens is 2. The number of imidazole rings is 1. The van der Waals surface area contributed by atoms with Crippen molar-refractivity contribution in [3.63, 3.8) is 0 Å². The molecule has 1 amide bonds. The van der Waals surface area contributed by atoms with Crippen molar-refractivity contribution in [3.05, 3.63) is 53.4 Å². The maximum absolute atomic E-state index is 13.6. The van der Waals surface area contributed by atoms with E-state index in [9.17, 15) is 13.6 Å². The van der Waals surface area contributed by atoms with Gasteiger partial charge in [0, 0.05) is 29.7 Å². The Kier molecular flexibility index (Phi) is 5.45. The van der Waals surface area contributed by atoms with Gasteiger partial charge in [-0.3, -0.25) is 4.79 Å². The molecule has 1 aliphatic heterocycles. The topological polar surface area (TPSA) is 76.2 Å². The van der Waals surface area contributed by atoms with E-state index in [2.05, 4.69) is 22.2 Å². The van der Waals surface area contributed by atoms with Crippen LogP contribution >= 0.6 is 0 Å². The van der Waals surface area contributed by atoms with Crippen molar-refractivity contribution in [1.29, 1.82) is 0 Å². The van der Waals surface area contributed by atoms with E-state index in [0.29, 0.717) is 59.5 Å². The fourth-order valence-corrected chi connectivity index (χ4v) is 4.71. The van der Waals surface area contributed by atoms with Crippen LogP contribution in [0.1, 0.15) is 54.7 Å². The molecule has 8 heteroatoms. The highest BCUT2D eigenvalue weighted by Crippen LogP contribution is 2.36. The first-order valence-corrected chi connectivity index (χ1v) is 11.0. The van der Waals surface area contributed by atoms with Crippen LogP contribution in [0.2, 0.25) is 0 Å². The molecule has 6 nitrogen and oxygen atoms in total. The van der Waals surface area contributed by atoms with Crippen LogP contribution in [0, 0.1) is 17.6 Å². The van der Waals surface area contributed by atoms with Crippen LogP contribution in [0.5, 0.6) is 11.5 Å². The molecular weight excluding hydrogens is 416 g/mol. The molecule has 2 aromatic carbocycles. The van der Waals surface area contributed by atoms with E-state index in [-0.39, 0.29) is 17.9 Å². The zero-order valence-electron chi connectivity index (χ0n) is 17.8. The monoisotopic (exact) mass is 441 g/mol. The number of nitrogens with one attached hydrogen (secondary N) is 2. The molecule has 2 N–H and O–H groups in total. The van der Waals surface area contributed by atoms with Gasteiger partial charge in [-0.05, 0) is 43.4 Å². The second-order valence-electron chi connectivity index (χ2n) is 8.68. The van der Waals surface area contributed by atoms with Crippen molar-refractivity contribution in [2.45, 2.75) is 44.6 Å². The molecule has 3 atom stereocenters. The molecule has 0 saturated heterocycles. The average Bonchev–Trinajstić information content (AvgIpc) is 3.09. The Labute approximate surface area is 184 Å². The number of carbonyl (C=O) groups is 1. The van der Waals surface area contributed by atoms with Gasteiger partial charge in [0.25, 0.3) is 5.91 Å². The number of fused-ring (bicyclic) bond motifs is 2. The molecule has 1 aliphatic carbocycles. The smallest absolute Gasteiger partial charge is 0.251 e. The standard InChI is InChI=1S/C24H25F2N3O3/c1-13-3-2-4-15(27-24(30)14-5-6-21-22(9-14)32-8-7-31-21)10-16(13)23-28-19-11-17(25)18(26)12-20(19)29-23/h5-6,9,11-13,15-16H,2-4,7-8,10H2,1H3,(H,27,30)(H,28,29)/t13?,15?,16-/m0/s1. The number of benzene rings is 2. The van der Waals surface area contributed by atoms with E-state index in [1.807, 2.05) is 0 Å². The molecule has 32 heavy (non-hydrogen) atoms. The van der Waals surface area contributed by atoms with Crippen LogP contribution < -0.4 is 14.8 Å². The van der Waals surface area contributed by atoms with Crippen LogP contribution in [-0.2, 0) is 0 Å². The fourth-order valence-electron chi connectivity index (χ4n) is 4.71. The van der Waals surface area contributed by atoms with Crippen molar-refractivity contribution in [2.24, 2.45) is 5.92 Å². The first kappa shape index (κ1) is 20.7. The van der Waals surface area contributed by atoms with E-state index < -0.39 is 11.6 Å². The normalized spacial score (nSPS) is 23.0. The Morgan fingerprint density at radius 3 is 2.72 bits per heavy atom. The largest absolute Gasteiger partial charge is 0.486 e. The van der Waals surface area contributed by atoms with Gasteiger partial charge >= 0.3 is 0 Å². The number of rotatable bonds is 3. The van der Waals surface area contributed by atoms with Gasteiger partial charge in [-0.15, -0.1) is 0 Å². The first-order chi connectivity index (χ1) is 15.5. The molecule has 1 fully saturated rings. The highest BCUT2D eigenvalue weighted by molar-refractivity contribution is 5.95. The number of hydrogen-bond acceptors (Lipinski definition) is 4. The van der Waals surface area contributed by atoms with Crippen LogP contribution in [0.15, 0.2) is 30.3 Å². The van der Waals surface area contributed by atoms with Gasteiger partial charge in [-0.1, -0.05) is 13.3 Å². The molecule has 2 heterocycles. The molecule has 0 bridgehead atoms. The van der Waals surface area contributed by atoms with Gasteiger partial charge in [0.05, 0.1) is 11.0 Å². The highest BCUT2D eigenvalue weighted by atomic mass is 19.2. The lowest BCUT2D eigenvalue weighted by atomic mass is 9.88. The minimum atomic E-state index is -0.908. The van der Waals surface area contributed by atoms with Gasteiger partial charge in [0.15, 0.2) is 23.1 Å². The second-order valence-corrected chi connectivity index (χ2v) is 8.68. The van der Waals surface area contributed by atoms with Crippen molar-refractivity contribution in [2.75, 3.05) is 13.2 Å². The lowest BCUT2D eigenvalue weighted by Gasteiger charge is -2.23. The highest BCUT2D eigenvalue weighted by Gasteiger charge is 2.30. The third kappa shape index (κ3) is 4.01. The van der Waals surface area contributed by atoms with Crippen LogP contribution in [-0.4, -0.2) is 35.1 Å². The summed E-state index contributed by atoms with van der Waals surface area (Å²) in [5.41, 5.74) is 1.41. The Bertz CT molecular complexity index is 1120. The van der Waals surface area contributed by atoms with Crippen molar-refractivity contribution < 1.29 is 23.0 Å². The van der Waals surface area contributed by atoms with E-state index in [4.69, 9.17) is 9.47 Å². The third-order valence-corrected chi connectivity index (χ3v) is 6.47. The summed E-state index contributed by atoms with van der Waals surface area (Å²) in [6, 6.07) is 7.43. The third-order valence-electron chi connectivity index (χ3n) is 6.47. The average molecular weight is 441 g/mol. The minimum absolute atomic E-state index is 0.0349. The Hall–Kier alpha value is -3.16. The summed E-state index contributed by atoms with van der Waals surface area (Å²) in [5.74, 6) is 0.335. The predicted octanol–water partition coefficient (Wildman–Crippen LogP) is 4.70. The number of amides is 1. The van der Waals surface area contributed by atoms with Crippen molar-refractivity contribution in [3.8, 4) is 11.5 Å². The summed E-state index contributed by atoms with van der Waals surface area (Å²) >= 11 is 0. The summed E-state index contributed by atoms with van der Waals surface area (Å²) in [6.07, 6.45) is 3.52. The molecule has 1 aromatic heterocycles. The molecular formula is C24H25F2N3O3. The number of aromatic amines is 1. The summed E-state index contributed by atoms with van der Waals surface area (Å²) in [5, 5.41) is 3.16. The lowest BCUT2D eigenvalue weighted by Crippen LogP contribution is -2.35. The maximum atomic E-state index is 13.6. The van der Waals surface area contributed by atoms with E-state index >= 15 is 0 Å².